The molecule has 0 bridgehead atoms. The van der Waals surface area contributed by atoms with E-state index in [0.29, 0.717) is 13.0 Å². The van der Waals surface area contributed by atoms with E-state index in [1.165, 1.54) is 0 Å². The fourth-order valence-electron chi connectivity index (χ4n) is 1.29. The summed E-state index contributed by atoms with van der Waals surface area (Å²) in [4.78, 5) is 0. The molecule has 0 aromatic rings. The van der Waals surface area contributed by atoms with Gasteiger partial charge in [-0.1, -0.05) is 37.0 Å². The summed E-state index contributed by atoms with van der Waals surface area (Å²) >= 11 is 0. The minimum absolute atomic E-state index is 0.283. The first-order valence-corrected chi connectivity index (χ1v) is 6.56. The van der Waals surface area contributed by atoms with Crippen LogP contribution in [0.25, 0.3) is 0 Å². The molecule has 0 spiro atoms. The summed E-state index contributed by atoms with van der Waals surface area (Å²) in [5.41, 5.74) is 0. The van der Waals surface area contributed by atoms with E-state index in [-0.39, 0.29) is 6.54 Å². The van der Waals surface area contributed by atoms with Gasteiger partial charge in [-0.3, -0.25) is 0 Å². The van der Waals surface area contributed by atoms with Gasteiger partial charge in [-0.15, -0.1) is 0 Å². The largest absolute Gasteiger partial charge is 0.374 e. The second-order valence-electron chi connectivity index (χ2n) is 3.40. The van der Waals surface area contributed by atoms with Crippen molar-refractivity contribution in [2.75, 3.05) is 13.1 Å². The molecule has 0 radical (unpaired) electrons. The summed E-state index contributed by atoms with van der Waals surface area (Å²) < 4.78 is 34.9. The monoisotopic (exact) mass is 225 g/mol. The summed E-state index contributed by atoms with van der Waals surface area (Å²) in [5, 5.41) is 0. The number of halogens is 1. The fourth-order valence-corrected chi connectivity index (χ4v) is 2.04. The third-order valence-corrected chi connectivity index (χ3v) is 3.02. The molecule has 14 heavy (non-hydrogen) atoms. The van der Waals surface area contributed by atoms with Crippen LogP contribution in [0.15, 0.2) is 0 Å². The Morgan fingerprint density at radius 1 is 1.00 bits per heavy atom. The molecule has 5 heteroatoms. The summed E-state index contributed by atoms with van der Waals surface area (Å²) in [6, 6.07) is 0. The van der Waals surface area contributed by atoms with E-state index in [9.17, 15) is 12.3 Å². The van der Waals surface area contributed by atoms with Gasteiger partial charge in [0.1, 0.15) is 0 Å². The van der Waals surface area contributed by atoms with Gasteiger partial charge in [0.05, 0.1) is 0 Å². The summed E-state index contributed by atoms with van der Waals surface area (Å²) in [5.74, 6) is 0. The van der Waals surface area contributed by atoms with E-state index >= 15 is 0 Å². The quantitative estimate of drug-likeness (QED) is 0.470. The molecule has 0 aliphatic rings. The Morgan fingerprint density at radius 2 is 1.64 bits per heavy atom. The van der Waals surface area contributed by atoms with Gasteiger partial charge in [0.2, 0.25) is 0 Å². The molecule has 86 valence electrons. The summed E-state index contributed by atoms with van der Waals surface area (Å²) in [6.07, 6.45) is 4.53. The molecular weight excluding hydrogens is 205 g/mol. The van der Waals surface area contributed by atoms with Gasteiger partial charge in [-0.05, 0) is 12.8 Å². The van der Waals surface area contributed by atoms with Gasteiger partial charge in [0.15, 0.2) is 0 Å². The highest BCUT2D eigenvalue weighted by molar-refractivity contribution is 7.83. The molecule has 0 fully saturated rings. The first kappa shape index (κ1) is 13.8. The lowest BCUT2D eigenvalue weighted by molar-refractivity contribution is 0.373. The minimum atomic E-state index is -4.48. The highest BCUT2D eigenvalue weighted by Gasteiger charge is 2.18. The van der Waals surface area contributed by atoms with Crippen LogP contribution in [0.1, 0.15) is 46.0 Å². The Labute approximate surface area is 86.6 Å². The fraction of sp³-hybridized carbons (Fsp3) is 1.00. The molecule has 0 heterocycles. The molecule has 0 saturated carbocycles. The van der Waals surface area contributed by atoms with Crippen molar-refractivity contribution in [3.8, 4) is 0 Å². The third-order valence-electron chi connectivity index (χ3n) is 2.04. The van der Waals surface area contributed by atoms with Gasteiger partial charge < -0.3 is 0 Å². The maximum absolute atomic E-state index is 12.6. The highest BCUT2D eigenvalue weighted by atomic mass is 32.3. The molecule has 0 aliphatic carbocycles. The molecule has 0 rings (SSSR count). The van der Waals surface area contributed by atoms with E-state index in [1.807, 2.05) is 6.92 Å². The maximum Gasteiger partial charge on any atom is 0.374 e. The molecule has 0 aromatic heterocycles. The third kappa shape index (κ3) is 6.32. The van der Waals surface area contributed by atoms with Crippen LogP contribution in [-0.4, -0.2) is 25.8 Å². The van der Waals surface area contributed by atoms with Crippen LogP contribution in [0.3, 0.4) is 0 Å². The molecule has 0 N–H and O–H groups in total. The van der Waals surface area contributed by atoms with Crippen molar-refractivity contribution in [3.63, 3.8) is 0 Å². The van der Waals surface area contributed by atoms with Crippen molar-refractivity contribution in [1.82, 2.24) is 4.31 Å². The Balaban J connectivity index is 3.87. The lowest BCUT2D eigenvalue weighted by Gasteiger charge is -2.15. The maximum atomic E-state index is 12.6. The first-order chi connectivity index (χ1) is 6.52. The van der Waals surface area contributed by atoms with Crippen LogP contribution in [0, 0.1) is 0 Å². The van der Waals surface area contributed by atoms with Crippen LogP contribution >= 0.6 is 0 Å². The Bertz CT molecular complexity index is 229. The van der Waals surface area contributed by atoms with Crippen molar-refractivity contribution in [3.05, 3.63) is 0 Å². The van der Waals surface area contributed by atoms with Crippen LogP contribution in [0.5, 0.6) is 0 Å². The lowest BCUT2D eigenvalue weighted by atomic mass is 10.2. The SMILES string of the molecule is CCCCCCN(CCC)S(=O)(=O)F. The van der Waals surface area contributed by atoms with Crippen molar-refractivity contribution < 1.29 is 12.3 Å². The topological polar surface area (TPSA) is 37.4 Å². The van der Waals surface area contributed by atoms with Crippen molar-refractivity contribution >= 4 is 10.4 Å². The van der Waals surface area contributed by atoms with Gasteiger partial charge in [-0.25, -0.2) is 0 Å². The Morgan fingerprint density at radius 3 is 2.07 bits per heavy atom. The predicted molar refractivity (Wildman–Crippen MR) is 56.0 cm³/mol. The first-order valence-electron chi connectivity index (χ1n) is 5.22. The standard InChI is InChI=1S/C9H20FNO2S/c1-3-5-6-7-9-11(8-4-2)14(10,12)13/h3-9H2,1-2H3. The second kappa shape index (κ2) is 7.17. The molecule has 0 unspecified atom stereocenters. The number of hydrogen-bond donors (Lipinski definition) is 0. The predicted octanol–water partition coefficient (Wildman–Crippen LogP) is 2.49. The van der Waals surface area contributed by atoms with Crippen LogP contribution in [0.2, 0.25) is 0 Å². The Kier molecular flexibility index (Phi) is 7.09. The minimum Gasteiger partial charge on any atom is -0.177 e. The van der Waals surface area contributed by atoms with E-state index in [0.717, 1.165) is 30.0 Å². The van der Waals surface area contributed by atoms with Gasteiger partial charge in [0.25, 0.3) is 0 Å². The zero-order valence-corrected chi connectivity index (χ0v) is 9.82. The van der Waals surface area contributed by atoms with Gasteiger partial charge >= 0.3 is 10.4 Å². The number of hydrogen-bond acceptors (Lipinski definition) is 2. The molecule has 3 nitrogen and oxygen atoms in total. The number of nitrogens with zero attached hydrogens (tertiary/aromatic N) is 1. The van der Waals surface area contributed by atoms with Gasteiger partial charge in [0, 0.05) is 13.1 Å². The van der Waals surface area contributed by atoms with E-state index in [1.54, 1.807) is 0 Å². The summed E-state index contributed by atoms with van der Waals surface area (Å²) in [7, 11) is -4.48. The molecular formula is C9H20FNO2S. The Hall–Kier alpha value is -0.160. The molecule has 0 aliphatic heterocycles. The molecule has 0 atom stereocenters. The lowest BCUT2D eigenvalue weighted by Crippen LogP contribution is -2.29. The van der Waals surface area contributed by atoms with Crippen molar-refractivity contribution in [2.45, 2.75) is 46.0 Å². The highest BCUT2D eigenvalue weighted by Crippen LogP contribution is 2.07. The van der Waals surface area contributed by atoms with Crippen LogP contribution < -0.4 is 0 Å². The van der Waals surface area contributed by atoms with Crippen LogP contribution in [0.4, 0.5) is 3.89 Å². The normalized spacial score (nSPS) is 12.3. The van der Waals surface area contributed by atoms with E-state index in [4.69, 9.17) is 0 Å². The zero-order chi connectivity index (χ0) is 11.0. The van der Waals surface area contributed by atoms with E-state index in [2.05, 4.69) is 6.92 Å². The summed E-state index contributed by atoms with van der Waals surface area (Å²) in [6.45, 7) is 4.51. The van der Waals surface area contributed by atoms with Crippen LogP contribution in [-0.2, 0) is 10.4 Å². The average Bonchev–Trinajstić information content (AvgIpc) is 2.08. The zero-order valence-electron chi connectivity index (χ0n) is 9.00. The average molecular weight is 225 g/mol. The molecule has 0 aromatic carbocycles. The van der Waals surface area contributed by atoms with E-state index < -0.39 is 10.4 Å². The number of unbranched alkanes of at least 4 members (excludes halogenated alkanes) is 3. The molecule has 0 amide bonds. The molecule has 0 saturated heterocycles. The van der Waals surface area contributed by atoms with Crippen molar-refractivity contribution in [2.24, 2.45) is 0 Å². The second-order valence-corrected chi connectivity index (χ2v) is 4.74. The smallest absolute Gasteiger partial charge is 0.177 e. The number of rotatable bonds is 8. The van der Waals surface area contributed by atoms with Gasteiger partial charge in [-0.2, -0.15) is 12.7 Å². The van der Waals surface area contributed by atoms with Crippen molar-refractivity contribution in [1.29, 1.82) is 0 Å².